The number of anilines is 3. The molecule has 0 aliphatic carbocycles. The van der Waals surface area contributed by atoms with E-state index in [0.29, 0.717) is 0 Å². The van der Waals surface area contributed by atoms with Gasteiger partial charge in [-0.25, -0.2) is 0 Å². The maximum absolute atomic E-state index is 6.57. The van der Waals surface area contributed by atoms with Gasteiger partial charge >= 0.3 is 0 Å². The van der Waals surface area contributed by atoms with Crippen LogP contribution in [-0.4, -0.2) is 4.98 Å². The summed E-state index contributed by atoms with van der Waals surface area (Å²) in [5.74, 6) is 0. The number of hydrogen-bond acceptors (Lipinski definition) is 4. The third-order valence-electron chi connectivity index (χ3n) is 10.3. The van der Waals surface area contributed by atoms with Gasteiger partial charge in [0.25, 0.3) is 0 Å². The molecule has 0 atom stereocenters. The van der Waals surface area contributed by atoms with Crippen LogP contribution in [-0.2, 0) is 0 Å². The topological polar surface area (TPSA) is 42.4 Å². The molecule has 0 saturated carbocycles. The Balaban J connectivity index is 1.21. The number of nitrogens with zero attached hydrogens (tertiary/aromatic N) is 2. The Labute approximate surface area is 292 Å². The third-order valence-corrected chi connectivity index (χ3v) is 10.3. The van der Waals surface area contributed by atoms with Gasteiger partial charge < -0.3 is 13.7 Å². The van der Waals surface area contributed by atoms with Gasteiger partial charge in [0.05, 0.1) is 11.1 Å². The van der Waals surface area contributed by atoms with Crippen molar-refractivity contribution in [1.29, 1.82) is 0 Å². The van der Waals surface area contributed by atoms with Gasteiger partial charge in [0.15, 0.2) is 0 Å². The Hall–Kier alpha value is -6.91. The molecule has 11 rings (SSSR count). The van der Waals surface area contributed by atoms with Gasteiger partial charge in [-0.2, -0.15) is 0 Å². The van der Waals surface area contributed by atoms with Crippen molar-refractivity contribution < 1.29 is 8.83 Å². The first-order valence-corrected chi connectivity index (χ1v) is 17.2. The average Bonchev–Trinajstić information content (AvgIpc) is 3.77. The maximum Gasteiger partial charge on any atom is 0.143 e. The molecule has 0 N–H and O–H groups in total. The van der Waals surface area contributed by atoms with Crippen LogP contribution in [0.2, 0.25) is 0 Å². The molecule has 0 aliphatic rings. The van der Waals surface area contributed by atoms with E-state index in [1.54, 1.807) is 6.20 Å². The highest BCUT2D eigenvalue weighted by Gasteiger charge is 2.21. The fourth-order valence-electron chi connectivity index (χ4n) is 8.00. The Morgan fingerprint density at radius 1 is 0.431 bits per heavy atom. The second kappa shape index (κ2) is 10.8. The molecule has 3 heterocycles. The summed E-state index contributed by atoms with van der Waals surface area (Å²) in [7, 11) is 0. The highest BCUT2D eigenvalue weighted by atomic mass is 16.3. The van der Waals surface area contributed by atoms with Crippen LogP contribution in [0.5, 0.6) is 0 Å². The lowest BCUT2D eigenvalue weighted by atomic mass is 9.97. The molecular formula is C47H28N2O2. The lowest BCUT2D eigenvalue weighted by Crippen LogP contribution is -2.10. The summed E-state index contributed by atoms with van der Waals surface area (Å²) in [6, 6.07) is 56.1. The SMILES string of the molecule is c1cc(-c2cccc3ccccc23)cc(N(c2ccc3ccc4ccc5c6cnccc6oc5c4c3c2)c2cccc3oc4ccccc4c23)c1. The third kappa shape index (κ3) is 4.23. The molecule has 238 valence electrons. The summed E-state index contributed by atoms with van der Waals surface area (Å²) in [6.07, 6.45) is 3.68. The van der Waals surface area contributed by atoms with Gasteiger partial charge in [0.2, 0.25) is 0 Å². The van der Waals surface area contributed by atoms with Crippen LogP contribution in [0.4, 0.5) is 17.1 Å². The highest BCUT2D eigenvalue weighted by Crippen LogP contribution is 2.46. The van der Waals surface area contributed by atoms with Crippen molar-refractivity contribution in [3.63, 3.8) is 0 Å². The summed E-state index contributed by atoms with van der Waals surface area (Å²) in [5.41, 5.74) is 8.94. The first-order valence-electron chi connectivity index (χ1n) is 17.2. The molecule has 0 saturated heterocycles. The number of hydrogen-bond donors (Lipinski definition) is 0. The molecule has 8 aromatic carbocycles. The molecule has 4 heteroatoms. The minimum Gasteiger partial charge on any atom is -0.456 e. The molecule has 0 bridgehead atoms. The van der Waals surface area contributed by atoms with Gasteiger partial charge in [-0.1, -0.05) is 103 Å². The van der Waals surface area contributed by atoms with Gasteiger partial charge in [0, 0.05) is 45.3 Å². The molecule has 11 aromatic rings. The number of para-hydroxylation sites is 1. The summed E-state index contributed by atoms with van der Waals surface area (Å²) in [6.45, 7) is 0. The van der Waals surface area contributed by atoms with Crippen molar-refractivity contribution in [3.8, 4) is 11.1 Å². The van der Waals surface area contributed by atoms with Crippen LogP contribution in [0.3, 0.4) is 0 Å². The normalized spacial score (nSPS) is 11.9. The molecule has 0 spiro atoms. The molecule has 0 aliphatic heterocycles. The lowest BCUT2D eigenvalue weighted by Gasteiger charge is -2.27. The zero-order valence-electron chi connectivity index (χ0n) is 27.4. The summed E-state index contributed by atoms with van der Waals surface area (Å²) in [4.78, 5) is 6.77. The second-order valence-corrected chi connectivity index (χ2v) is 13.1. The molecule has 3 aromatic heterocycles. The minimum atomic E-state index is 0.839. The van der Waals surface area contributed by atoms with E-state index in [1.807, 2.05) is 24.4 Å². The van der Waals surface area contributed by atoms with E-state index in [9.17, 15) is 0 Å². The van der Waals surface area contributed by atoms with E-state index >= 15 is 0 Å². The molecule has 0 fully saturated rings. The van der Waals surface area contributed by atoms with Crippen LogP contribution in [0.1, 0.15) is 0 Å². The van der Waals surface area contributed by atoms with Crippen molar-refractivity contribution in [3.05, 3.63) is 170 Å². The Morgan fingerprint density at radius 2 is 1.16 bits per heavy atom. The fraction of sp³-hybridized carbons (Fsp3) is 0. The van der Waals surface area contributed by atoms with Crippen molar-refractivity contribution in [2.45, 2.75) is 0 Å². The van der Waals surface area contributed by atoms with E-state index in [0.717, 1.165) is 88.0 Å². The van der Waals surface area contributed by atoms with E-state index in [-0.39, 0.29) is 0 Å². The molecule has 0 amide bonds. The lowest BCUT2D eigenvalue weighted by molar-refractivity contribution is 0.669. The Kier molecular flexibility index (Phi) is 5.92. The largest absolute Gasteiger partial charge is 0.456 e. The monoisotopic (exact) mass is 652 g/mol. The first-order chi connectivity index (χ1) is 25.3. The predicted molar refractivity (Wildman–Crippen MR) is 211 cm³/mol. The van der Waals surface area contributed by atoms with E-state index in [4.69, 9.17) is 8.83 Å². The van der Waals surface area contributed by atoms with Crippen LogP contribution in [0.15, 0.2) is 179 Å². The van der Waals surface area contributed by atoms with Crippen molar-refractivity contribution >= 4 is 93.3 Å². The maximum atomic E-state index is 6.57. The zero-order chi connectivity index (χ0) is 33.5. The number of rotatable bonds is 4. The van der Waals surface area contributed by atoms with Gasteiger partial charge in [-0.15, -0.1) is 0 Å². The number of furan rings is 2. The number of benzene rings is 8. The summed E-state index contributed by atoms with van der Waals surface area (Å²) >= 11 is 0. The second-order valence-electron chi connectivity index (χ2n) is 13.1. The zero-order valence-corrected chi connectivity index (χ0v) is 27.4. The fourth-order valence-corrected chi connectivity index (χ4v) is 8.00. The first kappa shape index (κ1) is 28.0. The standard InChI is InChI=1S/C47H28N2O2/c1-2-12-35-29(8-1)9-6-14-36(35)32-10-5-11-33(26-32)49(41-15-7-17-44-46(41)38-13-3-4-16-42(38)50-44)34-22-20-30-18-19-31-21-23-37-40-28-48-25-24-43(40)51-47(37)45(31)39(30)27-34/h1-28H. The predicted octanol–water partition coefficient (Wildman–Crippen LogP) is 13.5. The van der Waals surface area contributed by atoms with E-state index < -0.39 is 0 Å². The van der Waals surface area contributed by atoms with Crippen LogP contribution >= 0.6 is 0 Å². The molecule has 51 heavy (non-hydrogen) atoms. The number of fused-ring (bicyclic) bond motifs is 11. The van der Waals surface area contributed by atoms with Crippen LogP contribution in [0.25, 0.3) is 87.3 Å². The van der Waals surface area contributed by atoms with Gasteiger partial charge in [-0.05, 0) is 92.7 Å². The number of pyridine rings is 1. The Bertz CT molecular complexity index is 3160. The van der Waals surface area contributed by atoms with Crippen molar-refractivity contribution in [2.24, 2.45) is 0 Å². The molecular weight excluding hydrogens is 625 g/mol. The van der Waals surface area contributed by atoms with E-state index in [2.05, 4.69) is 149 Å². The van der Waals surface area contributed by atoms with Gasteiger partial charge in [-0.3, -0.25) is 4.98 Å². The van der Waals surface area contributed by atoms with Crippen molar-refractivity contribution in [2.75, 3.05) is 4.90 Å². The number of aromatic nitrogens is 1. The molecule has 0 radical (unpaired) electrons. The summed E-state index contributed by atoms with van der Waals surface area (Å²) < 4.78 is 13.0. The minimum absolute atomic E-state index is 0.839. The van der Waals surface area contributed by atoms with E-state index in [1.165, 1.54) is 16.3 Å². The smallest absolute Gasteiger partial charge is 0.143 e. The van der Waals surface area contributed by atoms with Crippen LogP contribution < -0.4 is 4.90 Å². The molecule has 4 nitrogen and oxygen atoms in total. The highest BCUT2D eigenvalue weighted by molar-refractivity contribution is 6.23. The Morgan fingerprint density at radius 3 is 2.14 bits per heavy atom. The quantitative estimate of drug-likeness (QED) is 0.177. The summed E-state index contributed by atoms with van der Waals surface area (Å²) in [5, 5.41) is 11.2. The van der Waals surface area contributed by atoms with Crippen LogP contribution in [0, 0.1) is 0 Å². The van der Waals surface area contributed by atoms with Gasteiger partial charge in [0.1, 0.15) is 22.3 Å². The average molecular weight is 653 g/mol. The van der Waals surface area contributed by atoms with Crippen molar-refractivity contribution in [1.82, 2.24) is 4.98 Å². The molecule has 0 unspecified atom stereocenters.